The predicted octanol–water partition coefficient (Wildman–Crippen LogP) is 1.30. The predicted molar refractivity (Wildman–Crippen MR) is 78.2 cm³/mol. The topological polar surface area (TPSA) is 49.9 Å². The molecule has 1 aliphatic rings. The highest BCUT2D eigenvalue weighted by atomic mass is 16.5. The van der Waals surface area contributed by atoms with Gasteiger partial charge in [-0.2, -0.15) is 0 Å². The Balaban J connectivity index is 2.50. The van der Waals surface area contributed by atoms with Crippen molar-refractivity contribution >= 4 is 11.8 Å². The van der Waals surface area contributed by atoms with Crippen LogP contribution >= 0.6 is 0 Å². The quantitative estimate of drug-likeness (QED) is 0.690. The van der Waals surface area contributed by atoms with Gasteiger partial charge in [0.15, 0.2) is 0 Å². The van der Waals surface area contributed by atoms with Gasteiger partial charge < -0.3 is 14.5 Å². The summed E-state index contributed by atoms with van der Waals surface area (Å²) in [6, 6.07) is 0. The zero-order chi connectivity index (χ0) is 15.0. The van der Waals surface area contributed by atoms with E-state index in [1.165, 1.54) is 11.0 Å². The van der Waals surface area contributed by atoms with E-state index in [-0.39, 0.29) is 18.4 Å². The van der Waals surface area contributed by atoms with Crippen molar-refractivity contribution in [2.75, 3.05) is 39.9 Å². The van der Waals surface area contributed by atoms with E-state index >= 15 is 0 Å². The summed E-state index contributed by atoms with van der Waals surface area (Å²) >= 11 is 0. The van der Waals surface area contributed by atoms with E-state index in [9.17, 15) is 9.59 Å². The fraction of sp³-hybridized carbons (Fsp3) is 0.733. The molecule has 1 unspecified atom stereocenters. The lowest BCUT2D eigenvalue weighted by Crippen LogP contribution is -2.42. The van der Waals surface area contributed by atoms with Crippen molar-refractivity contribution in [2.45, 2.75) is 26.2 Å². The van der Waals surface area contributed by atoms with Crippen molar-refractivity contribution < 1.29 is 14.3 Å². The van der Waals surface area contributed by atoms with E-state index in [1.54, 1.807) is 7.11 Å². The van der Waals surface area contributed by atoms with E-state index in [1.807, 2.05) is 11.8 Å². The zero-order valence-corrected chi connectivity index (χ0v) is 12.6. The molecule has 5 nitrogen and oxygen atoms in total. The maximum absolute atomic E-state index is 12.3. The van der Waals surface area contributed by atoms with Gasteiger partial charge in [0, 0.05) is 33.4 Å². The molecule has 114 valence electrons. The minimum absolute atomic E-state index is 0.0279. The van der Waals surface area contributed by atoms with E-state index in [2.05, 4.69) is 6.58 Å². The molecule has 1 heterocycles. The normalized spacial score (nSPS) is 19.3. The summed E-state index contributed by atoms with van der Waals surface area (Å²) in [5.74, 6) is 0.378. The molecule has 0 aromatic rings. The van der Waals surface area contributed by atoms with Crippen LogP contribution in [0.15, 0.2) is 12.7 Å². The van der Waals surface area contributed by atoms with Gasteiger partial charge in [-0.05, 0) is 38.2 Å². The average molecular weight is 282 g/mol. The van der Waals surface area contributed by atoms with E-state index in [4.69, 9.17) is 4.74 Å². The first-order valence-corrected chi connectivity index (χ1v) is 7.30. The summed E-state index contributed by atoms with van der Waals surface area (Å²) in [4.78, 5) is 27.2. The van der Waals surface area contributed by atoms with Crippen LogP contribution in [0.3, 0.4) is 0 Å². The standard InChI is InChI=1S/C15H26N2O3/c1-4-14(18)16(5-2)11-15(19)17-9-6-7-13(8-10-17)12-20-3/h4,13H,1,5-12H2,2-3H3. The number of methoxy groups -OCH3 is 1. The third kappa shape index (κ3) is 4.96. The minimum atomic E-state index is -0.187. The Morgan fingerprint density at radius 2 is 2.15 bits per heavy atom. The van der Waals surface area contributed by atoms with Crippen LogP contribution in [0.5, 0.6) is 0 Å². The molecule has 1 atom stereocenters. The molecule has 1 aliphatic heterocycles. The molecule has 2 amide bonds. The van der Waals surface area contributed by atoms with Gasteiger partial charge in [-0.3, -0.25) is 9.59 Å². The molecular formula is C15H26N2O3. The fourth-order valence-electron chi connectivity index (χ4n) is 2.56. The van der Waals surface area contributed by atoms with Gasteiger partial charge >= 0.3 is 0 Å². The van der Waals surface area contributed by atoms with Gasteiger partial charge in [0.2, 0.25) is 11.8 Å². The molecule has 0 aromatic carbocycles. The summed E-state index contributed by atoms with van der Waals surface area (Å²) < 4.78 is 5.19. The zero-order valence-electron chi connectivity index (χ0n) is 12.6. The van der Waals surface area contributed by atoms with Crippen LogP contribution in [-0.4, -0.2) is 61.5 Å². The van der Waals surface area contributed by atoms with Crippen LogP contribution in [0.25, 0.3) is 0 Å². The smallest absolute Gasteiger partial charge is 0.246 e. The molecule has 0 aromatic heterocycles. The Bertz CT molecular complexity index is 344. The van der Waals surface area contributed by atoms with Crippen molar-refractivity contribution in [1.82, 2.24) is 9.80 Å². The van der Waals surface area contributed by atoms with Crippen molar-refractivity contribution in [3.8, 4) is 0 Å². The highest BCUT2D eigenvalue weighted by molar-refractivity contribution is 5.90. The summed E-state index contributed by atoms with van der Waals surface area (Å²) in [7, 11) is 1.72. The van der Waals surface area contributed by atoms with Gasteiger partial charge in [-0.15, -0.1) is 0 Å². The molecule has 1 fully saturated rings. The number of nitrogens with zero attached hydrogens (tertiary/aromatic N) is 2. The number of likely N-dealkylation sites (N-methyl/N-ethyl adjacent to an activating group) is 1. The lowest BCUT2D eigenvalue weighted by molar-refractivity contribution is -0.138. The lowest BCUT2D eigenvalue weighted by Gasteiger charge is -2.25. The number of carbonyl (C=O) groups is 2. The van der Waals surface area contributed by atoms with Crippen LogP contribution < -0.4 is 0 Å². The monoisotopic (exact) mass is 282 g/mol. The Labute approximate surface area is 121 Å². The second-order valence-corrected chi connectivity index (χ2v) is 5.19. The van der Waals surface area contributed by atoms with Crippen LogP contribution in [-0.2, 0) is 14.3 Å². The number of hydrogen-bond acceptors (Lipinski definition) is 3. The highest BCUT2D eigenvalue weighted by Crippen LogP contribution is 2.17. The molecule has 5 heteroatoms. The molecule has 1 rings (SSSR count). The van der Waals surface area contributed by atoms with E-state index in [0.29, 0.717) is 12.5 Å². The summed E-state index contributed by atoms with van der Waals surface area (Å²) in [5, 5.41) is 0. The van der Waals surface area contributed by atoms with Crippen LogP contribution in [0, 0.1) is 5.92 Å². The Morgan fingerprint density at radius 3 is 2.75 bits per heavy atom. The lowest BCUT2D eigenvalue weighted by atomic mass is 10.0. The van der Waals surface area contributed by atoms with Gasteiger partial charge in [0.25, 0.3) is 0 Å². The summed E-state index contributed by atoms with van der Waals surface area (Å²) in [6.07, 6.45) is 4.33. The molecular weight excluding hydrogens is 256 g/mol. The molecule has 0 radical (unpaired) electrons. The summed E-state index contributed by atoms with van der Waals surface area (Å²) in [6.45, 7) is 8.30. The SMILES string of the molecule is C=CC(=O)N(CC)CC(=O)N1CCCC(COC)CC1. The molecule has 0 N–H and O–H groups in total. The molecule has 0 spiro atoms. The second-order valence-electron chi connectivity index (χ2n) is 5.19. The first kappa shape index (κ1) is 16.7. The van der Waals surface area contributed by atoms with Crippen molar-refractivity contribution in [3.05, 3.63) is 12.7 Å². The number of hydrogen-bond donors (Lipinski definition) is 0. The minimum Gasteiger partial charge on any atom is -0.384 e. The van der Waals surface area contributed by atoms with Crippen molar-refractivity contribution in [2.24, 2.45) is 5.92 Å². The highest BCUT2D eigenvalue weighted by Gasteiger charge is 2.22. The number of ether oxygens (including phenoxy) is 1. The van der Waals surface area contributed by atoms with E-state index < -0.39 is 0 Å². The molecule has 0 saturated carbocycles. The first-order valence-electron chi connectivity index (χ1n) is 7.30. The summed E-state index contributed by atoms with van der Waals surface area (Å²) in [5.41, 5.74) is 0. The third-order valence-electron chi connectivity index (χ3n) is 3.80. The number of likely N-dealkylation sites (tertiary alicyclic amines) is 1. The number of carbonyl (C=O) groups excluding carboxylic acids is 2. The molecule has 1 saturated heterocycles. The van der Waals surface area contributed by atoms with Crippen LogP contribution in [0.2, 0.25) is 0 Å². The number of rotatable bonds is 6. The van der Waals surface area contributed by atoms with Gasteiger partial charge in [0.1, 0.15) is 0 Å². The van der Waals surface area contributed by atoms with Gasteiger partial charge in [-0.1, -0.05) is 6.58 Å². The van der Waals surface area contributed by atoms with Crippen LogP contribution in [0.1, 0.15) is 26.2 Å². The van der Waals surface area contributed by atoms with Gasteiger partial charge in [0.05, 0.1) is 6.54 Å². The molecule has 0 aliphatic carbocycles. The Hall–Kier alpha value is -1.36. The van der Waals surface area contributed by atoms with E-state index in [0.717, 1.165) is 39.0 Å². The third-order valence-corrected chi connectivity index (χ3v) is 3.80. The second kappa shape index (κ2) is 8.74. The van der Waals surface area contributed by atoms with Crippen molar-refractivity contribution in [3.63, 3.8) is 0 Å². The maximum atomic E-state index is 12.3. The molecule has 20 heavy (non-hydrogen) atoms. The fourth-order valence-corrected chi connectivity index (χ4v) is 2.56. The number of amides is 2. The van der Waals surface area contributed by atoms with Gasteiger partial charge in [-0.25, -0.2) is 0 Å². The average Bonchev–Trinajstić information content (AvgIpc) is 2.70. The maximum Gasteiger partial charge on any atom is 0.246 e. The Kier molecular flexibility index (Phi) is 7.30. The Morgan fingerprint density at radius 1 is 1.40 bits per heavy atom. The van der Waals surface area contributed by atoms with Crippen molar-refractivity contribution in [1.29, 1.82) is 0 Å². The van der Waals surface area contributed by atoms with Crippen LogP contribution in [0.4, 0.5) is 0 Å². The molecule has 0 bridgehead atoms. The largest absolute Gasteiger partial charge is 0.384 e. The first-order chi connectivity index (χ1) is 9.62.